The van der Waals surface area contributed by atoms with Crippen molar-refractivity contribution >= 4 is 36.0 Å². The molecular formula is C21H41IN4O3. The van der Waals surface area contributed by atoms with Gasteiger partial charge in [-0.3, -0.25) is 4.99 Å². The van der Waals surface area contributed by atoms with E-state index in [0.717, 1.165) is 45.0 Å². The third kappa shape index (κ3) is 9.27. The molecule has 1 aliphatic heterocycles. The molecule has 0 spiro atoms. The van der Waals surface area contributed by atoms with Crippen LogP contribution in [0.15, 0.2) is 4.99 Å². The second-order valence-corrected chi connectivity index (χ2v) is 8.88. The van der Waals surface area contributed by atoms with Crippen LogP contribution in [0.25, 0.3) is 0 Å². The second kappa shape index (κ2) is 12.8. The van der Waals surface area contributed by atoms with E-state index in [1.54, 1.807) is 0 Å². The van der Waals surface area contributed by atoms with Gasteiger partial charge >= 0.3 is 6.09 Å². The molecule has 0 aromatic heterocycles. The van der Waals surface area contributed by atoms with Crippen molar-refractivity contribution in [3.63, 3.8) is 0 Å². The first-order valence-corrected chi connectivity index (χ1v) is 10.9. The topological polar surface area (TPSA) is 75.2 Å². The van der Waals surface area contributed by atoms with Gasteiger partial charge in [-0.1, -0.05) is 12.8 Å². The maximum atomic E-state index is 12.0. The van der Waals surface area contributed by atoms with Gasteiger partial charge in [0.2, 0.25) is 0 Å². The van der Waals surface area contributed by atoms with Crippen molar-refractivity contribution in [3.8, 4) is 0 Å². The summed E-state index contributed by atoms with van der Waals surface area (Å²) in [6, 6.07) is 0.0862. The Bertz CT molecular complexity index is 519. The van der Waals surface area contributed by atoms with E-state index < -0.39 is 5.60 Å². The lowest BCUT2D eigenvalue weighted by Gasteiger charge is -2.26. The molecule has 2 rings (SSSR count). The third-order valence-corrected chi connectivity index (χ3v) is 5.44. The first-order valence-electron chi connectivity index (χ1n) is 10.9. The van der Waals surface area contributed by atoms with Gasteiger partial charge < -0.3 is 25.0 Å². The Morgan fingerprint density at radius 1 is 1.24 bits per heavy atom. The first-order chi connectivity index (χ1) is 13.3. The zero-order valence-corrected chi connectivity index (χ0v) is 21.2. The molecule has 1 heterocycles. The van der Waals surface area contributed by atoms with Gasteiger partial charge in [0.15, 0.2) is 5.96 Å². The van der Waals surface area contributed by atoms with E-state index in [9.17, 15) is 4.79 Å². The fourth-order valence-electron chi connectivity index (χ4n) is 4.20. The van der Waals surface area contributed by atoms with Gasteiger partial charge in [0.25, 0.3) is 0 Å². The van der Waals surface area contributed by atoms with Crippen molar-refractivity contribution in [2.45, 2.75) is 84.0 Å². The van der Waals surface area contributed by atoms with Crippen LogP contribution in [0.3, 0.4) is 0 Å². The molecule has 2 N–H and O–H groups in total. The number of amides is 1. The second-order valence-electron chi connectivity index (χ2n) is 8.88. The van der Waals surface area contributed by atoms with Crippen LogP contribution in [0.4, 0.5) is 4.79 Å². The fourth-order valence-corrected chi connectivity index (χ4v) is 4.20. The van der Waals surface area contributed by atoms with E-state index in [1.165, 1.54) is 25.7 Å². The van der Waals surface area contributed by atoms with Crippen LogP contribution in [0.5, 0.6) is 0 Å². The monoisotopic (exact) mass is 524 g/mol. The number of likely N-dealkylation sites (tertiary alicyclic amines) is 1. The summed E-state index contributed by atoms with van der Waals surface area (Å²) in [5.74, 6) is 1.60. The van der Waals surface area contributed by atoms with Crippen molar-refractivity contribution < 1.29 is 14.3 Å². The molecule has 0 radical (unpaired) electrons. The van der Waals surface area contributed by atoms with Gasteiger partial charge in [-0.25, -0.2) is 4.79 Å². The molecule has 170 valence electrons. The van der Waals surface area contributed by atoms with Gasteiger partial charge in [-0.15, -0.1) is 24.0 Å². The molecule has 1 saturated heterocycles. The highest BCUT2D eigenvalue weighted by atomic mass is 127. The molecule has 8 heteroatoms. The Labute approximate surface area is 193 Å². The molecule has 1 saturated carbocycles. The molecule has 0 aromatic rings. The summed E-state index contributed by atoms with van der Waals surface area (Å²) >= 11 is 0. The average Bonchev–Trinajstić information content (AvgIpc) is 3.28. The summed E-state index contributed by atoms with van der Waals surface area (Å²) in [6.07, 6.45) is 7.16. The fraction of sp³-hybridized carbons (Fsp3) is 0.905. The lowest BCUT2D eigenvalue weighted by molar-refractivity contribution is 0.0169. The number of aliphatic imine (C=N–C) groups is 1. The maximum absolute atomic E-state index is 12.0. The first kappa shape index (κ1) is 26.3. The number of hydrogen-bond acceptors (Lipinski definition) is 4. The molecule has 0 bridgehead atoms. The van der Waals surface area contributed by atoms with Crippen LogP contribution in [-0.4, -0.2) is 68.0 Å². The summed E-state index contributed by atoms with van der Waals surface area (Å²) in [7, 11) is 1.81. The van der Waals surface area contributed by atoms with Crippen molar-refractivity contribution in [3.05, 3.63) is 0 Å². The smallest absolute Gasteiger partial charge is 0.407 e. The van der Waals surface area contributed by atoms with Gasteiger partial charge in [0, 0.05) is 33.3 Å². The summed E-state index contributed by atoms with van der Waals surface area (Å²) < 4.78 is 11.4. The summed E-state index contributed by atoms with van der Waals surface area (Å²) in [5.41, 5.74) is -0.476. The van der Waals surface area contributed by atoms with Crippen molar-refractivity contribution in [2.75, 3.05) is 33.3 Å². The predicted octanol–water partition coefficient (Wildman–Crippen LogP) is 3.76. The van der Waals surface area contributed by atoms with Crippen molar-refractivity contribution in [2.24, 2.45) is 10.9 Å². The minimum Gasteiger partial charge on any atom is -0.444 e. The largest absolute Gasteiger partial charge is 0.444 e. The lowest BCUT2D eigenvalue weighted by Crippen LogP contribution is -2.44. The highest BCUT2D eigenvalue weighted by Crippen LogP contribution is 2.30. The van der Waals surface area contributed by atoms with E-state index in [0.29, 0.717) is 12.0 Å². The van der Waals surface area contributed by atoms with Gasteiger partial charge in [-0.2, -0.15) is 0 Å². The van der Waals surface area contributed by atoms with Crippen LogP contribution in [0, 0.1) is 5.92 Å². The molecule has 2 atom stereocenters. The standard InChI is InChI=1S/C21H40N4O3.HI/c1-6-27-18(16-9-7-8-10-16)11-13-23-19(22-5)25-14-12-17(15-25)24-20(26)28-21(2,3)4;/h16-18H,6-15H2,1-5H3,(H,22,23)(H,24,26);1H/t17-,18?;/m1./s1. The normalized spacial score (nSPS) is 21.6. The zero-order valence-electron chi connectivity index (χ0n) is 18.8. The quantitative estimate of drug-likeness (QED) is 0.302. The Kier molecular flexibility index (Phi) is 11.6. The maximum Gasteiger partial charge on any atom is 0.407 e. The molecule has 2 aliphatic rings. The number of halogens is 1. The minimum atomic E-state index is -0.476. The van der Waals surface area contributed by atoms with Crippen LogP contribution < -0.4 is 10.6 Å². The van der Waals surface area contributed by atoms with E-state index in [1.807, 2.05) is 27.8 Å². The molecule has 29 heavy (non-hydrogen) atoms. The van der Waals surface area contributed by atoms with Crippen LogP contribution >= 0.6 is 24.0 Å². The molecular weight excluding hydrogens is 483 g/mol. The number of carbonyl (C=O) groups excluding carboxylic acids is 1. The number of alkyl carbamates (subject to hydrolysis) is 1. The number of nitrogens with one attached hydrogen (secondary N) is 2. The molecule has 2 fully saturated rings. The van der Waals surface area contributed by atoms with Crippen LogP contribution in [0.1, 0.15) is 66.2 Å². The number of rotatable bonds is 7. The van der Waals surface area contributed by atoms with Gasteiger partial charge in [-0.05, 0) is 59.3 Å². The SMILES string of the molecule is CCOC(CCNC(=NC)N1CC[C@@H](NC(=O)OC(C)(C)C)C1)C1CCCC1.I. The number of ether oxygens (including phenoxy) is 2. The Morgan fingerprint density at radius 2 is 1.93 bits per heavy atom. The zero-order chi connectivity index (χ0) is 20.6. The molecule has 1 aliphatic carbocycles. The predicted molar refractivity (Wildman–Crippen MR) is 128 cm³/mol. The summed E-state index contributed by atoms with van der Waals surface area (Å²) in [6.45, 7) is 11.0. The van der Waals surface area contributed by atoms with E-state index >= 15 is 0 Å². The van der Waals surface area contributed by atoms with Crippen LogP contribution in [0.2, 0.25) is 0 Å². The molecule has 1 unspecified atom stereocenters. The minimum absolute atomic E-state index is 0. The number of carbonyl (C=O) groups is 1. The third-order valence-electron chi connectivity index (χ3n) is 5.44. The summed E-state index contributed by atoms with van der Waals surface area (Å²) in [5, 5.41) is 6.45. The highest BCUT2D eigenvalue weighted by Gasteiger charge is 2.29. The van der Waals surface area contributed by atoms with E-state index in [4.69, 9.17) is 9.47 Å². The van der Waals surface area contributed by atoms with Crippen molar-refractivity contribution in [1.29, 1.82) is 0 Å². The Balaban J connectivity index is 0.00000420. The lowest BCUT2D eigenvalue weighted by atomic mass is 9.98. The molecule has 0 aromatic carbocycles. The number of hydrogen-bond donors (Lipinski definition) is 2. The number of guanidine groups is 1. The highest BCUT2D eigenvalue weighted by molar-refractivity contribution is 14.0. The van der Waals surface area contributed by atoms with Crippen molar-refractivity contribution in [1.82, 2.24) is 15.5 Å². The van der Waals surface area contributed by atoms with E-state index in [2.05, 4.69) is 27.4 Å². The summed E-state index contributed by atoms with van der Waals surface area (Å²) in [4.78, 5) is 18.6. The molecule has 7 nitrogen and oxygen atoms in total. The van der Waals surface area contributed by atoms with Gasteiger partial charge in [0.05, 0.1) is 12.1 Å². The molecule has 1 amide bonds. The average molecular weight is 524 g/mol. The number of nitrogens with zero attached hydrogens (tertiary/aromatic N) is 2. The Morgan fingerprint density at radius 3 is 2.52 bits per heavy atom. The Hall–Kier alpha value is -0.770. The van der Waals surface area contributed by atoms with Gasteiger partial charge in [0.1, 0.15) is 5.60 Å². The van der Waals surface area contributed by atoms with E-state index in [-0.39, 0.29) is 36.1 Å². The van der Waals surface area contributed by atoms with Crippen LogP contribution in [-0.2, 0) is 9.47 Å².